The predicted molar refractivity (Wildman–Crippen MR) is 97.1 cm³/mol. The van der Waals surface area contributed by atoms with Gasteiger partial charge in [-0.2, -0.15) is 0 Å². The van der Waals surface area contributed by atoms with Crippen LogP contribution < -0.4 is 19.5 Å². The molecule has 1 aliphatic heterocycles. The topological polar surface area (TPSA) is 93.7 Å². The lowest BCUT2D eigenvalue weighted by molar-refractivity contribution is -0.116. The highest BCUT2D eigenvalue weighted by Crippen LogP contribution is 2.33. The average Bonchev–Trinajstić information content (AvgIpc) is 2.93. The molecule has 8 heteroatoms. The molecule has 1 heterocycles. The summed E-state index contributed by atoms with van der Waals surface area (Å²) in [5.41, 5.74) is 2.07. The van der Waals surface area contributed by atoms with Crippen molar-refractivity contribution in [1.82, 2.24) is 4.72 Å². The van der Waals surface area contributed by atoms with Gasteiger partial charge in [0, 0.05) is 12.2 Å². The van der Waals surface area contributed by atoms with E-state index < -0.39 is 10.0 Å². The first-order valence-electron chi connectivity index (χ1n) is 8.01. The molecule has 1 amide bonds. The molecular weight excluding hydrogens is 356 g/mol. The molecule has 0 saturated heterocycles. The van der Waals surface area contributed by atoms with Gasteiger partial charge in [-0.25, -0.2) is 13.1 Å². The second kappa shape index (κ2) is 6.97. The highest BCUT2D eigenvalue weighted by molar-refractivity contribution is 7.89. The summed E-state index contributed by atoms with van der Waals surface area (Å²) >= 11 is 0. The molecule has 0 aromatic heterocycles. The van der Waals surface area contributed by atoms with Gasteiger partial charge in [-0.1, -0.05) is 6.07 Å². The number of amides is 1. The zero-order valence-electron chi connectivity index (χ0n) is 14.7. The molecule has 0 saturated carbocycles. The highest BCUT2D eigenvalue weighted by Gasteiger charge is 2.28. The lowest BCUT2D eigenvalue weighted by Crippen LogP contribution is -2.23. The lowest BCUT2D eigenvalue weighted by atomic mass is 10.0. The Morgan fingerprint density at radius 3 is 2.50 bits per heavy atom. The van der Waals surface area contributed by atoms with Crippen LogP contribution in [0.25, 0.3) is 0 Å². The molecule has 138 valence electrons. The summed E-state index contributed by atoms with van der Waals surface area (Å²) in [6, 6.07) is 9.83. The third-order valence-corrected chi connectivity index (χ3v) is 5.76. The number of hydrogen-bond acceptors (Lipinski definition) is 5. The van der Waals surface area contributed by atoms with Gasteiger partial charge in [-0.3, -0.25) is 4.79 Å². The average molecular weight is 376 g/mol. The first-order chi connectivity index (χ1) is 12.4. The van der Waals surface area contributed by atoms with E-state index in [4.69, 9.17) is 9.47 Å². The molecule has 2 aromatic carbocycles. The summed E-state index contributed by atoms with van der Waals surface area (Å²) in [6.07, 6.45) is 0. The van der Waals surface area contributed by atoms with Gasteiger partial charge in [0.2, 0.25) is 15.9 Å². The van der Waals surface area contributed by atoms with E-state index in [-0.39, 0.29) is 23.3 Å². The summed E-state index contributed by atoms with van der Waals surface area (Å²) in [7, 11) is -0.660. The first kappa shape index (κ1) is 18.2. The number of carbonyl (C=O) groups excluding carboxylic acids is 1. The number of rotatable bonds is 6. The van der Waals surface area contributed by atoms with Crippen LogP contribution in [0.2, 0.25) is 0 Å². The van der Waals surface area contributed by atoms with E-state index in [1.54, 1.807) is 31.2 Å². The maximum atomic E-state index is 12.6. The Labute approximate surface area is 152 Å². The van der Waals surface area contributed by atoms with E-state index in [0.717, 1.165) is 5.56 Å². The van der Waals surface area contributed by atoms with Gasteiger partial charge in [0.1, 0.15) is 0 Å². The number of nitrogens with one attached hydrogen (secondary N) is 2. The van der Waals surface area contributed by atoms with Crippen molar-refractivity contribution in [2.45, 2.75) is 24.3 Å². The maximum absolute atomic E-state index is 12.6. The third-order valence-electron chi connectivity index (χ3n) is 4.37. The summed E-state index contributed by atoms with van der Waals surface area (Å²) in [4.78, 5) is 11.8. The Hall–Kier alpha value is -2.58. The molecule has 1 aliphatic rings. The van der Waals surface area contributed by atoms with Crippen LogP contribution in [0, 0.1) is 0 Å². The van der Waals surface area contributed by atoms with Crippen LogP contribution >= 0.6 is 0 Å². The molecule has 2 aromatic rings. The maximum Gasteiger partial charge on any atom is 0.240 e. The van der Waals surface area contributed by atoms with Crippen molar-refractivity contribution in [2.75, 3.05) is 19.5 Å². The van der Waals surface area contributed by atoms with Crippen LogP contribution in [0.4, 0.5) is 5.69 Å². The van der Waals surface area contributed by atoms with Gasteiger partial charge >= 0.3 is 0 Å². The molecule has 0 aliphatic carbocycles. The Kier molecular flexibility index (Phi) is 4.88. The van der Waals surface area contributed by atoms with Crippen LogP contribution in [-0.4, -0.2) is 28.5 Å². The van der Waals surface area contributed by atoms with Crippen LogP contribution in [0.15, 0.2) is 41.3 Å². The minimum absolute atomic E-state index is 0.104. The normalized spacial score (nSPS) is 16.1. The van der Waals surface area contributed by atoms with Gasteiger partial charge in [0.05, 0.1) is 25.0 Å². The molecule has 0 radical (unpaired) electrons. The number of sulfonamides is 1. The standard InChI is InChI=1S/C18H20N2O5S/c1-11-14-9-13(5-6-15(14)20-18(11)21)26(22,23)19-10-12-4-7-16(24-2)17(8-12)25-3/h4-9,11,19H,10H2,1-3H3,(H,20,21)/t11-/m0/s1. The smallest absolute Gasteiger partial charge is 0.240 e. The largest absolute Gasteiger partial charge is 0.493 e. The van der Waals surface area contributed by atoms with E-state index in [9.17, 15) is 13.2 Å². The van der Waals surface area contributed by atoms with Gasteiger partial charge in [0.25, 0.3) is 0 Å². The lowest BCUT2D eigenvalue weighted by Gasteiger charge is -2.11. The van der Waals surface area contributed by atoms with E-state index in [0.29, 0.717) is 22.7 Å². The van der Waals surface area contributed by atoms with Gasteiger partial charge in [-0.05, 0) is 48.4 Å². The van der Waals surface area contributed by atoms with Gasteiger partial charge < -0.3 is 14.8 Å². The summed E-state index contributed by atoms with van der Waals surface area (Å²) in [5.74, 6) is 0.600. The van der Waals surface area contributed by atoms with Crippen molar-refractivity contribution in [3.05, 3.63) is 47.5 Å². The van der Waals surface area contributed by atoms with E-state index in [1.807, 2.05) is 0 Å². The van der Waals surface area contributed by atoms with Gasteiger partial charge in [0.15, 0.2) is 11.5 Å². The fraction of sp³-hybridized carbons (Fsp3) is 0.278. The van der Waals surface area contributed by atoms with Crippen LogP contribution in [0.1, 0.15) is 24.0 Å². The quantitative estimate of drug-likeness (QED) is 0.806. The number of ether oxygens (including phenoxy) is 2. The third kappa shape index (κ3) is 3.38. The highest BCUT2D eigenvalue weighted by atomic mass is 32.2. The van der Waals surface area contributed by atoms with Gasteiger partial charge in [-0.15, -0.1) is 0 Å². The number of methoxy groups -OCH3 is 2. The molecule has 0 bridgehead atoms. The number of carbonyl (C=O) groups is 1. The number of anilines is 1. The molecule has 0 spiro atoms. The Morgan fingerprint density at radius 1 is 1.08 bits per heavy atom. The van der Waals surface area contributed by atoms with Crippen molar-refractivity contribution >= 4 is 21.6 Å². The second-order valence-corrected chi connectivity index (χ2v) is 7.74. The van der Waals surface area contributed by atoms with Crippen molar-refractivity contribution in [3.63, 3.8) is 0 Å². The molecule has 2 N–H and O–H groups in total. The van der Waals surface area contributed by atoms with Crippen LogP contribution in [0.5, 0.6) is 11.5 Å². The number of benzene rings is 2. The van der Waals surface area contributed by atoms with Crippen molar-refractivity contribution in [2.24, 2.45) is 0 Å². The Bertz CT molecular complexity index is 956. The van der Waals surface area contributed by atoms with Crippen LogP contribution in [-0.2, 0) is 21.4 Å². The number of hydrogen-bond donors (Lipinski definition) is 2. The van der Waals surface area contributed by atoms with E-state index in [2.05, 4.69) is 10.0 Å². The van der Waals surface area contributed by atoms with E-state index in [1.165, 1.54) is 26.4 Å². The fourth-order valence-corrected chi connectivity index (χ4v) is 3.87. The zero-order chi connectivity index (χ0) is 18.9. The Balaban J connectivity index is 1.79. The summed E-state index contributed by atoms with van der Waals surface area (Å²) < 4.78 is 38.2. The SMILES string of the molecule is COc1ccc(CNS(=O)(=O)c2ccc3c(c2)[C@H](C)C(=O)N3)cc1OC. The van der Waals surface area contributed by atoms with Crippen LogP contribution in [0.3, 0.4) is 0 Å². The molecular formula is C18H20N2O5S. The summed E-state index contributed by atoms with van der Waals surface area (Å²) in [5, 5.41) is 2.73. The Morgan fingerprint density at radius 2 is 1.81 bits per heavy atom. The van der Waals surface area contributed by atoms with Crippen molar-refractivity contribution < 1.29 is 22.7 Å². The minimum atomic E-state index is -3.72. The molecule has 1 atom stereocenters. The first-order valence-corrected chi connectivity index (χ1v) is 9.49. The van der Waals surface area contributed by atoms with Crippen molar-refractivity contribution in [1.29, 1.82) is 0 Å². The zero-order valence-corrected chi connectivity index (χ0v) is 15.5. The number of fused-ring (bicyclic) bond motifs is 1. The molecule has 0 unspecified atom stereocenters. The second-order valence-electron chi connectivity index (χ2n) is 5.97. The minimum Gasteiger partial charge on any atom is -0.493 e. The summed E-state index contributed by atoms with van der Waals surface area (Å²) in [6.45, 7) is 1.85. The monoisotopic (exact) mass is 376 g/mol. The van der Waals surface area contributed by atoms with Crippen molar-refractivity contribution in [3.8, 4) is 11.5 Å². The predicted octanol–water partition coefficient (Wildman–Crippen LogP) is 2.24. The molecule has 26 heavy (non-hydrogen) atoms. The molecule has 0 fully saturated rings. The fourth-order valence-electron chi connectivity index (χ4n) is 2.81. The van der Waals surface area contributed by atoms with E-state index >= 15 is 0 Å². The molecule has 7 nitrogen and oxygen atoms in total. The molecule has 3 rings (SSSR count).